The van der Waals surface area contributed by atoms with Gasteiger partial charge in [0.05, 0.1) is 11.9 Å². The molecule has 2 aromatic rings. The molecule has 29 heavy (non-hydrogen) atoms. The minimum absolute atomic E-state index is 0.0689. The van der Waals surface area contributed by atoms with Crippen LogP contribution in [-0.2, 0) is 26.8 Å². The van der Waals surface area contributed by atoms with Crippen LogP contribution < -0.4 is 10.0 Å². The summed E-state index contributed by atoms with van der Waals surface area (Å²) in [5, 5.41) is 2.70. The molecule has 0 saturated heterocycles. The molecule has 5 nitrogen and oxygen atoms in total. The molecule has 0 aliphatic carbocycles. The summed E-state index contributed by atoms with van der Waals surface area (Å²) in [6.07, 6.45) is 4.10. The molecule has 0 bridgehead atoms. The minimum atomic E-state index is -3.57. The molecule has 0 saturated carbocycles. The largest absolute Gasteiger partial charge is 0.348 e. The summed E-state index contributed by atoms with van der Waals surface area (Å²) in [5.41, 5.74) is 3.08. The lowest BCUT2D eigenvalue weighted by Crippen LogP contribution is -2.20. The number of hydrogen-bond donors (Lipinski definition) is 2. The molecule has 7 heteroatoms. The van der Waals surface area contributed by atoms with Crippen molar-refractivity contribution >= 4 is 27.7 Å². The number of carbonyl (C=O) groups is 1. The fourth-order valence-electron chi connectivity index (χ4n) is 2.75. The second-order valence-electron chi connectivity index (χ2n) is 8.07. The van der Waals surface area contributed by atoms with Crippen LogP contribution in [0.15, 0.2) is 42.5 Å². The molecule has 1 amide bonds. The third kappa shape index (κ3) is 7.02. The Morgan fingerprint density at radius 1 is 1.14 bits per heavy atom. The van der Waals surface area contributed by atoms with Crippen molar-refractivity contribution in [1.82, 2.24) is 5.32 Å². The molecular weight excluding hydrogens is 391 g/mol. The Kier molecular flexibility index (Phi) is 6.85. The summed E-state index contributed by atoms with van der Waals surface area (Å²) in [6, 6.07) is 10.8. The standard InChI is InChI=1S/C22H27FN2O3S/c1-15-12-17(13-19(23)21(15)25-29(5,27)28)14-24-20(26)11-8-16-6-9-18(10-7-16)22(2,3)4/h6-13,25H,14H2,1-5H3,(H,24,26)/b11-8+. The van der Waals surface area contributed by atoms with Crippen molar-refractivity contribution < 1.29 is 17.6 Å². The molecule has 0 aromatic heterocycles. The number of amides is 1. The number of halogens is 1. The molecule has 2 aromatic carbocycles. The molecule has 0 atom stereocenters. The number of hydrogen-bond acceptors (Lipinski definition) is 3. The summed E-state index contributed by atoms with van der Waals surface area (Å²) in [4.78, 5) is 12.1. The van der Waals surface area contributed by atoms with E-state index in [0.717, 1.165) is 11.8 Å². The van der Waals surface area contributed by atoms with Crippen LogP contribution in [0, 0.1) is 12.7 Å². The molecule has 0 radical (unpaired) electrons. The van der Waals surface area contributed by atoms with Crippen molar-refractivity contribution in [3.05, 3.63) is 70.5 Å². The number of aryl methyl sites for hydroxylation is 1. The van der Waals surface area contributed by atoms with Gasteiger partial charge in [-0.05, 0) is 46.7 Å². The van der Waals surface area contributed by atoms with Gasteiger partial charge in [-0.1, -0.05) is 51.1 Å². The number of benzene rings is 2. The second kappa shape index (κ2) is 8.78. The number of carbonyl (C=O) groups excluding carboxylic acids is 1. The number of anilines is 1. The lowest BCUT2D eigenvalue weighted by atomic mass is 9.87. The van der Waals surface area contributed by atoms with E-state index in [4.69, 9.17) is 0 Å². The third-order valence-electron chi connectivity index (χ3n) is 4.31. The van der Waals surface area contributed by atoms with Gasteiger partial charge in [0, 0.05) is 12.6 Å². The van der Waals surface area contributed by atoms with Crippen LogP contribution in [0.3, 0.4) is 0 Å². The lowest BCUT2D eigenvalue weighted by molar-refractivity contribution is -0.116. The molecule has 0 aliphatic rings. The molecular formula is C22H27FN2O3S. The predicted molar refractivity (Wildman–Crippen MR) is 116 cm³/mol. The first-order valence-corrected chi connectivity index (χ1v) is 11.1. The fourth-order valence-corrected chi connectivity index (χ4v) is 3.38. The summed E-state index contributed by atoms with van der Waals surface area (Å²) < 4.78 is 39.0. The Morgan fingerprint density at radius 3 is 2.28 bits per heavy atom. The van der Waals surface area contributed by atoms with Gasteiger partial charge in [-0.2, -0.15) is 0 Å². The van der Waals surface area contributed by atoms with Crippen molar-refractivity contribution in [2.45, 2.75) is 39.7 Å². The van der Waals surface area contributed by atoms with Crippen LogP contribution in [0.2, 0.25) is 0 Å². The zero-order valence-corrected chi connectivity index (χ0v) is 18.2. The van der Waals surface area contributed by atoms with Gasteiger partial charge in [-0.15, -0.1) is 0 Å². The SMILES string of the molecule is Cc1cc(CNC(=O)/C=C/c2ccc(C(C)(C)C)cc2)cc(F)c1NS(C)(=O)=O. The maximum Gasteiger partial charge on any atom is 0.244 e. The van der Waals surface area contributed by atoms with Gasteiger partial charge >= 0.3 is 0 Å². The van der Waals surface area contributed by atoms with E-state index in [0.29, 0.717) is 11.1 Å². The number of nitrogens with one attached hydrogen (secondary N) is 2. The lowest BCUT2D eigenvalue weighted by Gasteiger charge is -2.18. The van der Waals surface area contributed by atoms with Crippen molar-refractivity contribution in [2.24, 2.45) is 0 Å². The highest BCUT2D eigenvalue weighted by molar-refractivity contribution is 7.92. The average Bonchev–Trinajstić information content (AvgIpc) is 2.60. The van der Waals surface area contributed by atoms with Gasteiger partial charge in [0.25, 0.3) is 0 Å². The van der Waals surface area contributed by atoms with E-state index in [1.807, 2.05) is 24.3 Å². The monoisotopic (exact) mass is 418 g/mol. The summed E-state index contributed by atoms with van der Waals surface area (Å²) in [6.45, 7) is 8.14. The van der Waals surface area contributed by atoms with Gasteiger partial charge in [0.1, 0.15) is 5.82 Å². The first-order chi connectivity index (χ1) is 13.3. The van der Waals surface area contributed by atoms with Gasteiger partial charge in [0.2, 0.25) is 15.9 Å². The Bertz CT molecular complexity index is 998. The van der Waals surface area contributed by atoms with Gasteiger partial charge in [-0.25, -0.2) is 12.8 Å². The van der Waals surface area contributed by atoms with Crippen LogP contribution in [0.1, 0.15) is 43.0 Å². The highest BCUT2D eigenvalue weighted by atomic mass is 32.2. The second-order valence-corrected chi connectivity index (χ2v) is 9.82. The van der Waals surface area contributed by atoms with Crippen molar-refractivity contribution in [2.75, 3.05) is 11.0 Å². The molecule has 0 spiro atoms. The average molecular weight is 419 g/mol. The smallest absolute Gasteiger partial charge is 0.244 e. The van der Waals surface area contributed by atoms with Crippen LogP contribution in [-0.4, -0.2) is 20.6 Å². The third-order valence-corrected chi connectivity index (χ3v) is 4.88. The quantitative estimate of drug-likeness (QED) is 0.693. The van der Waals surface area contributed by atoms with E-state index in [-0.39, 0.29) is 23.6 Å². The van der Waals surface area contributed by atoms with Crippen molar-refractivity contribution in [3.63, 3.8) is 0 Å². The van der Waals surface area contributed by atoms with E-state index in [1.165, 1.54) is 17.7 Å². The first kappa shape index (κ1) is 22.6. The van der Waals surface area contributed by atoms with Crippen molar-refractivity contribution in [1.29, 1.82) is 0 Å². The van der Waals surface area contributed by atoms with Crippen molar-refractivity contribution in [3.8, 4) is 0 Å². The van der Waals surface area contributed by atoms with E-state index < -0.39 is 15.8 Å². The zero-order chi connectivity index (χ0) is 21.8. The molecule has 0 unspecified atom stereocenters. The van der Waals surface area contributed by atoms with E-state index >= 15 is 0 Å². The molecule has 156 valence electrons. The van der Waals surface area contributed by atoms with E-state index in [9.17, 15) is 17.6 Å². The fraction of sp³-hybridized carbons (Fsp3) is 0.318. The number of sulfonamides is 1. The number of rotatable bonds is 6. The molecule has 2 rings (SSSR count). The minimum Gasteiger partial charge on any atom is -0.348 e. The highest BCUT2D eigenvalue weighted by Crippen LogP contribution is 2.23. The summed E-state index contributed by atoms with van der Waals surface area (Å²) in [5.74, 6) is -0.990. The highest BCUT2D eigenvalue weighted by Gasteiger charge is 2.13. The molecule has 0 aliphatic heterocycles. The summed E-state index contributed by atoms with van der Waals surface area (Å²) >= 11 is 0. The van der Waals surface area contributed by atoms with Crippen LogP contribution in [0.25, 0.3) is 6.08 Å². The Hall–Kier alpha value is -2.67. The Balaban J connectivity index is 1.99. The maximum absolute atomic E-state index is 14.2. The van der Waals surface area contributed by atoms with E-state index in [1.54, 1.807) is 19.1 Å². The summed E-state index contributed by atoms with van der Waals surface area (Å²) in [7, 11) is -3.57. The Labute approximate surface area is 172 Å². The molecule has 0 fully saturated rings. The molecule has 0 heterocycles. The predicted octanol–water partition coefficient (Wildman–Crippen LogP) is 4.13. The van der Waals surface area contributed by atoms with Crippen LogP contribution in [0.5, 0.6) is 0 Å². The zero-order valence-electron chi connectivity index (χ0n) is 17.3. The Morgan fingerprint density at radius 2 is 1.76 bits per heavy atom. The normalized spacial score (nSPS) is 12.2. The van der Waals surface area contributed by atoms with Crippen LogP contribution >= 0.6 is 0 Å². The van der Waals surface area contributed by atoms with E-state index in [2.05, 4.69) is 30.8 Å². The maximum atomic E-state index is 14.2. The van der Waals surface area contributed by atoms with Gasteiger partial charge < -0.3 is 5.32 Å². The van der Waals surface area contributed by atoms with Gasteiger partial charge in [0.15, 0.2) is 0 Å². The van der Waals surface area contributed by atoms with Crippen LogP contribution in [0.4, 0.5) is 10.1 Å². The first-order valence-electron chi connectivity index (χ1n) is 9.18. The van der Waals surface area contributed by atoms with Gasteiger partial charge in [-0.3, -0.25) is 9.52 Å². The topological polar surface area (TPSA) is 75.3 Å². The molecule has 2 N–H and O–H groups in total.